The first-order chi connectivity index (χ1) is 16.8. The Bertz CT molecular complexity index is 1180. The molecule has 1 N–H and O–H groups in total. The highest BCUT2D eigenvalue weighted by Crippen LogP contribution is 2.25. The SMILES string of the molecule is CC[C@@H](C)NC(=O)[C@@H](CC)N(Cc1ccc(Cl)c(Cl)c1)C(=O)CN(c1cc(C)cc(C)c1)S(C)(=O)=O. The van der Waals surface area contributed by atoms with Crippen LogP contribution in [0.2, 0.25) is 10.0 Å². The lowest BCUT2D eigenvalue weighted by molar-refractivity contribution is -0.140. The number of sulfonamides is 1. The van der Waals surface area contributed by atoms with E-state index in [-0.39, 0.29) is 18.5 Å². The van der Waals surface area contributed by atoms with E-state index >= 15 is 0 Å². The van der Waals surface area contributed by atoms with Crippen LogP contribution in [0.3, 0.4) is 0 Å². The summed E-state index contributed by atoms with van der Waals surface area (Å²) in [5.74, 6) is -0.797. The summed E-state index contributed by atoms with van der Waals surface area (Å²) in [5, 5.41) is 3.64. The molecule has 0 aliphatic rings. The number of anilines is 1. The minimum absolute atomic E-state index is 0.0621. The van der Waals surface area contributed by atoms with Gasteiger partial charge in [0.05, 0.1) is 22.0 Å². The van der Waals surface area contributed by atoms with Crippen molar-refractivity contribution in [2.24, 2.45) is 0 Å². The van der Waals surface area contributed by atoms with Gasteiger partial charge in [0.25, 0.3) is 0 Å². The molecule has 198 valence electrons. The Balaban J connectivity index is 2.50. The number of halogens is 2. The zero-order valence-corrected chi connectivity index (χ0v) is 24.0. The number of nitrogens with one attached hydrogen (secondary N) is 1. The Morgan fingerprint density at radius 2 is 1.58 bits per heavy atom. The lowest BCUT2D eigenvalue weighted by Gasteiger charge is -2.33. The third-order valence-corrected chi connectivity index (χ3v) is 7.78. The van der Waals surface area contributed by atoms with Crippen molar-refractivity contribution in [3.8, 4) is 0 Å². The third-order valence-electron chi connectivity index (χ3n) is 5.90. The van der Waals surface area contributed by atoms with Crippen LogP contribution in [0, 0.1) is 13.8 Å². The number of nitrogens with zero attached hydrogens (tertiary/aromatic N) is 2. The molecule has 0 aromatic heterocycles. The van der Waals surface area contributed by atoms with Crippen molar-refractivity contribution < 1.29 is 18.0 Å². The second-order valence-electron chi connectivity index (χ2n) is 9.13. The van der Waals surface area contributed by atoms with Crippen LogP contribution >= 0.6 is 23.2 Å². The summed E-state index contributed by atoms with van der Waals surface area (Å²) in [6, 6.07) is 9.48. The summed E-state index contributed by atoms with van der Waals surface area (Å²) < 4.78 is 26.6. The number of carbonyl (C=O) groups excluding carboxylic acids is 2. The summed E-state index contributed by atoms with van der Waals surface area (Å²) in [7, 11) is -3.79. The van der Waals surface area contributed by atoms with Gasteiger partial charge in [-0.1, -0.05) is 49.2 Å². The van der Waals surface area contributed by atoms with Crippen LogP contribution in [-0.2, 0) is 26.2 Å². The second kappa shape index (κ2) is 12.8. The van der Waals surface area contributed by atoms with Crippen LogP contribution in [-0.4, -0.2) is 50.0 Å². The highest BCUT2D eigenvalue weighted by Gasteiger charge is 2.32. The predicted molar refractivity (Wildman–Crippen MR) is 147 cm³/mol. The molecule has 2 atom stereocenters. The Hall–Kier alpha value is -2.29. The smallest absolute Gasteiger partial charge is 0.244 e. The van der Waals surface area contributed by atoms with E-state index < -0.39 is 28.5 Å². The maximum atomic E-state index is 13.7. The second-order valence-corrected chi connectivity index (χ2v) is 11.8. The van der Waals surface area contributed by atoms with E-state index in [9.17, 15) is 18.0 Å². The van der Waals surface area contributed by atoms with Gasteiger partial charge in [0, 0.05) is 12.6 Å². The van der Waals surface area contributed by atoms with Crippen molar-refractivity contribution in [2.45, 2.75) is 66.1 Å². The molecule has 2 aromatic carbocycles. The highest BCUT2D eigenvalue weighted by molar-refractivity contribution is 7.92. The molecule has 7 nitrogen and oxygen atoms in total. The largest absolute Gasteiger partial charge is 0.352 e. The maximum Gasteiger partial charge on any atom is 0.244 e. The van der Waals surface area contributed by atoms with Gasteiger partial charge < -0.3 is 10.2 Å². The molecule has 2 amide bonds. The molecule has 10 heteroatoms. The summed E-state index contributed by atoms with van der Waals surface area (Å²) in [6.07, 6.45) is 2.14. The molecule has 0 fully saturated rings. The van der Waals surface area contributed by atoms with Crippen LogP contribution < -0.4 is 9.62 Å². The van der Waals surface area contributed by atoms with Crippen LogP contribution in [0.5, 0.6) is 0 Å². The Kier molecular flexibility index (Phi) is 10.6. The first-order valence-corrected chi connectivity index (χ1v) is 14.5. The fraction of sp³-hybridized carbons (Fsp3) is 0.462. The van der Waals surface area contributed by atoms with Gasteiger partial charge in [0.2, 0.25) is 21.8 Å². The molecule has 0 aliphatic heterocycles. The molecule has 0 radical (unpaired) electrons. The Morgan fingerprint density at radius 3 is 2.08 bits per heavy atom. The molecule has 0 unspecified atom stereocenters. The topological polar surface area (TPSA) is 86.8 Å². The van der Waals surface area contributed by atoms with Gasteiger partial charge in [-0.05, 0) is 74.6 Å². The van der Waals surface area contributed by atoms with E-state index in [1.807, 2.05) is 40.7 Å². The van der Waals surface area contributed by atoms with Crippen molar-refractivity contribution in [1.29, 1.82) is 0 Å². The van der Waals surface area contributed by atoms with E-state index in [0.29, 0.717) is 27.7 Å². The number of amides is 2. The highest BCUT2D eigenvalue weighted by atomic mass is 35.5. The van der Waals surface area contributed by atoms with Crippen molar-refractivity contribution in [2.75, 3.05) is 17.1 Å². The molecule has 2 rings (SSSR count). The Morgan fingerprint density at radius 1 is 0.972 bits per heavy atom. The third kappa shape index (κ3) is 8.11. The van der Waals surface area contributed by atoms with Crippen LogP contribution in [0.4, 0.5) is 5.69 Å². The van der Waals surface area contributed by atoms with Gasteiger partial charge in [-0.15, -0.1) is 0 Å². The summed E-state index contributed by atoms with van der Waals surface area (Å²) in [6.45, 7) is 9.00. The number of hydrogen-bond acceptors (Lipinski definition) is 4. The average Bonchev–Trinajstić information content (AvgIpc) is 2.77. The number of aryl methyl sites for hydroxylation is 2. The van der Waals surface area contributed by atoms with Gasteiger partial charge in [0.15, 0.2) is 0 Å². The quantitative estimate of drug-likeness (QED) is 0.418. The van der Waals surface area contributed by atoms with E-state index in [0.717, 1.165) is 28.1 Å². The van der Waals surface area contributed by atoms with Crippen LogP contribution in [0.15, 0.2) is 36.4 Å². The first-order valence-electron chi connectivity index (χ1n) is 11.9. The van der Waals surface area contributed by atoms with E-state index in [1.54, 1.807) is 30.3 Å². The molecule has 0 bridgehead atoms. The summed E-state index contributed by atoms with van der Waals surface area (Å²) in [4.78, 5) is 28.3. The Labute approximate surface area is 224 Å². The van der Waals surface area contributed by atoms with Crippen molar-refractivity contribution >= 4 is 50.7 Å². The molecular formula is C26H35Cl2N3O4S. The molecule has 2 aromatic rings. The predicted octanol–water partition coefficient (Wildman–Crippen LogP) is 5.10. The lowest BCUT2D eigenvalue weighted by Crippen LogP contribution is -2.53. The standard InChI is InChI=1S/C26H35Cl2N3O4S/c1-7-19(5)29-26(33)24(8-2)30(15-20-9-10-22(27)23(28)14-20)25(32)16-31(36(6,34)35)21-12-17(3)11-18(4)13-21/h9-14,19,24H,7-8,15-16H2,1-6H3,(H,29,33)/t19-,24-/m1/s1. The number of carbonyl (C=O) groups is 2. The fourth-order valence-electron chi connectivity index (χ4n) is 3.90. The van der Waals surface area contributed by atoms with E-state index in [2.05, 4.69) is 5.32 Å². The number of rotatable bonds is 11. The van der Waals surface area contributed by atoms with E-state index in [4.69, 9.17) is 23.2 Å². The molecule has 0 spiro atoms. The minimum Gasteiger partial charge on any atom is -0.352 e. The maximum absolute atomic E-state index is 13.7. The zero-order chi connectivity index (χ0) is 27.2. The fourth-order valence-corrected chi connectivity index (χ4v) is 5.06. The number of hydrogen-bond donors (Lipinski definition) is 1. The summed E-state index contributed by atoms with van der Waals surface area (Å²) in [5.41, 5.74) is 2.82. The molecule has 0 saturated heterocycles. The lowest BCUT2D eigenvalue weighted by atomic mass is 10.1. The zero-order valence-electron chi connectivity index (χ0n) is 21.6. The van der Waals surface area contributed by atoms with E-state index in [1.165, 1.54) is 4.90 Å². The molecular weight excluding hydrogens is 521 g/mol. The monoisotopic (exact) mass is 555 g/mol. The van der Waals surface area contributed by atoms with Crippen molar-refractivity contribution in [1.82, 2.24) is 10.2 Å². The van der Waals surface area contributed by atoms with Crippen LogP contribution in [0.25, 0.3) is 0 Å². The number of benzene rings is 2. The molecule has 0 aliphatic carbocycles. The molecule has 36 heavy (non-hydrogen) atoms. The van der Waals surface area contributed by atoms with Gasteiger partial charge in [-0.25, -0.2) is 8.42 Å². The van der Waals surface area contributed by atoms with Crippen molar-refractivity contribution in [3.05, 3.63) is 63.1 Å². The molecule has 0 heterocycles. The average molecular weight is 557 g/mol. The van der Waals surface area contributed by atoms with Gasteiger partial charge in [-0.2, -0.15) is 0 Å². The molecule has 0 saturated carbocycles. The van der Waals surface area contributed by atoms with Gasteiger partial charge in [0.1, 0.15) is 12.6 Å². The van der Waals surface area contributed by atoms with Crippen LogP contribution in [0.1, 0.15) is 50.3 Å². The summed E-state index contributed by atoms with van der Waals surface area (Å²) >= 11 is 12.2. The van der Waals surface area contributed by atoms with Gasteiger partial charge >= 0.3 is 0 Å². The first kappa shape index (κ1) is 29.9. The van der Waals surface area contributed by atoms with Crippen molar-refractivity contribution in [3.63, 3.8) is 0 Å². The van der Waals surface area contributed by atoms with Gasteiger partial charge in [-0.3, -0.25) is 13.9 Å². The minimum atomic E-state index is -3.79. The normalized spacial score (nSPS) is 13.1.